The Kier molecular flexibility index (Phi) is 6.22. The number of amides is 2. The van der Waals surface area contributed by atoms with Crippen molar-refractivity contribution in [1.82, 2.24) is 0 Å². The lowest BCUT2D eigenvalue weighted by atomic mass is 10.2. The molecule has 0 atom stereocenters. The number of carbonyl (C=O) groups excluding carboxylic acids is 2. The highest BCUT2D eigenvalue weighted by Gasteiger charge is 2.09. The van der Waals surface area contributed by atoms with Crippen molar-refractivity contribution in [2.24, 2.45) is 0 Å². The van der Waals surface area contributed by atoms with E-state index in [2.05, 4.69) is 10.6 Å². The Morgan fingerprint density at radius 3 is 2.20 bits per heavy atom. The van der Waals surface area contributed by atoms with E-state index >= 15 is 0 Å². The predicted molar refractivity (Wildman–Crippen MR) is 94.4 cm³/mol. The Bertz CT molecular complexity index is 744. The molecule has 0 saturated carbocycles. The zero-order valence-electron chi connectivity index (χ0n) is 14.3. The molecule has 0 aromatic heterocycles. The molecule has 2 amide bonds. The van der Waals surface area contributed by atoms with Gasteiger partial charge in [-0.1, -0.05) is 0 Å². The first kappa shape index (κ1) is 18.1. The molecular weight excluding hydrogens is 324 g/mol. The molecule has 7 heteroatoms. The van der Waals surface area contributed by atoms with Crippen LogP contribution in [0.2, 0.25) is 0 Å². The van der Waals surface area contributed by atoms with Gasteiger partial charge in [0.15, 0.2) is 6.61 Å². The molecule has 2 aromatic carbocycles. The molecule has 0 saturated heterocycles. The Morgan fingerprint density at radius 1 is 0.920 bits per heavy atom. The Morgan fingerprint density at radius 2 is 1.60 bits per heavy atom. The average Bonchev–Trinajstić information content (AvgIpc) is 2.61. The van der Waals surface area contributed by atoms with Gasteiger partial charge in [0.25, 0.3) is 5.91 Å². The van der Waals surface area contributed by atoms with E-state index < -0.39 is 0 Å². The first-order valence-electron chi connectivity index (χ1n) is 7.54. The van der Waals surface area contributed by atoms with Crippen molar-refractivity contribution in [1.29, 1.82) is 0 Å². The third-order valence-corrected chi connectivity index (χ3v) is 3.23. The molecule has 2 rings (SSSR count). The normalized spacial score (nSPS) is 9.88. The third kappa shape index (κ3) is 5.42. The average molecular weight is 344 g/mol. The number of carbonyl (C=O) groups is 2. The van der Waals surface area contributed by atoms with Crippen LogP contribution in [0, 0.1) is 0 Å². The highest BCUT2D eigenvalue weighted by Crippen LogP contribution is 2.29. The number of methoxy groups -OCH3 is 2. The van der Waals surface area contributed by atoms with Crippen LogP contribution in [-0.2, 0) is 9.59 Å². The van der Waals surface area contributed by atoms with Gasteiger partial charge in [0.1, 0.15) is 17.2 Å². The molecule has 0 fully saturated rings. The smallest absolute Gasteiger partial charge is 0.262 e. The second-order valence-electron chi connectivity index (χ2n) is 5.11. The summed E-state index contributed by atoms with van der Waals surface area (Å²) in [5.74, 6) is 1.17. The van der Waals surface area contributed by atoms with E-state index in [-0.39, 0.29) is 18.4 Å². The van der Waals surface area contributed by atoms with E-state index in [0.717, 1.165) is 0 Å². The molecule has 25 heavy (non-hydrogen) atoms. The van der Waals surface area contributed by atoms with Gasteiger partial charge in [0.05, 0.1) is 19.9 Å². The Hall–Kier alpha value is -3.22. The molecule has 0 radical (unpaired) electrons. The van der Waals surface area contributed by atoms with Crippen LogP contribution in [0.1, 0.15) is 6.92 Å². The summed E-state index contributed by atoms with van der Waals surface area (Å²) in [6.45, 7) is 1.27. The summed E-state index contributed by atoms with van der Waals surface area (Å²) in [6.07, 6.45) is 0. The van der Waals surface area contributed by atoms with Crippen molar-refractivity contribution in [3.8, 4) is 17.2 Å². The number of nitrogens with one attached hydrogen (secondary N) is 2. The summed E-state index contributed by atoms with van der Waals surface area (Å²) in [5.41, 5.74) is 1.19. The summed E-state index contributed by atoms with van der Waals surface area (Å²) in [6, 6.07) is 11.8. The fourth-order valence-corrected chi connectivity index (χ4v) is 2.07. The molecular formula is C18H20N2O5. The maximum absolute atomic E-state index is 12.0. The summed E-state index contributed by atoms with van der Waals surface area (Å²) >= 11 is 0. The van der Waals surface area contributed by atoms with Crippen molar-refractivity contribution in [2.45, 2.75) is 6.92 Å². The zero-order valence-corrected chi connectivity index (χ0v) is 14.3. The maximum atomic E-state index is 12.0. The van der Waals surface area contributed by atoms with Gasteiger partial charge in [-0.05, 0) is 36.4 Å². The van der Waals surface area contributed by atoms with E-state index in [0.29, 0.717) is 28.6 Å². The van der Waals surface area contributed by atoms with Crippen LogP contribution in [0.15, 0.2) is 42.5 Å². The SMILES string of the molecule is COc1ccc(NC(=O)COc2ccc(NC(C)=O)cc2)c(OC)c1. The van der Waals surface area contributed by atoms with Crippen molar-refractivity contribution in [3.63, 3.8) is 0 Å². The van der Waals surface area contributed by atoms with E-state index in [4.69, 9.17) is 14.2 Å². The summed E-state index contributed by atoms with van der Waals surface area (Å²) in [7, 11) is 3.07. The lowest BCUT2D eigenvalue weighted by Gasteiger charge is -2.12. The largest absolute Gasteiger partial charge is 0.497 e. The molecule has 0 bridgehead atoms. The number of anilines is 2. The zero-order chi connectivity index (χ0) is 18.2. The van der Waals surface area contributed by atoms with Crippen LogP contribution < -0.4 is 24.8 Å². The number of rotatable bonds is 7. The molecule has 0 aliphatic heterocycles. The van der Waals surface area contributed by atoms with Gasteiger partial charge in [-0.2, -0.15) is 0 Å². The van der Waals surface area contributed by atoms with Gasteiger partial charge in [0, 0.05) is 18.7 Å². The molecule has 0 spiro atoms. The predicted octanol–water partition coefficient (Wildman–Crippen LogP) is 2.68. The minimum atomic E-state index is -0.325. The van der Waals surface area contributed by atoms with Gasteiger partial charge >= 0.3 is 0 Å². The summed E-state index contributed by atoms with van der Waals surface area (Å²) in [5, 5.41) is 5.37. The van der Waals surface area contributed by atoms with Crippen LogP contribution >= 0.6 is 0 Å². The summed E-state index contributed by atoms with van der Waals surface area (Å²) in [4.78, 5) is 23.0. The fourth-order valence-electron chi connectivity index (χ4n) is 2.07. The fraction of sp³-hybridized carbons (Fsp3) is 0.222. The lowest BCUT2D eigenvalue weighted by Crippen LogP contribution is -2.20. The van der Waals surface area contributed by atoms with Crippen LogP contribution in [-0.4, -0.2) is 32.6 Å². The van der Waals surface area contributed by atoms with Crippen LogP contribution in [0.4, 0.5) is 11.4 Å². The summed E-state index contributed by atoms with van der Waals surface area (Å²) < 4.78 is 15.8. The van der Waals surface area contributed by atoms with E-state index in [1.54, 1.807) is 49.6 Å². The van der Waals surface area contributed by atoms with Crippen LogP contribution in [0.25, 0.3) is 0 Å². The van der Waals surface area contributed by atoms with Crippen LogP contribution in [0.5, 0.6) is 17.2 Å². The standard InChI is InChI=1S/C18H20N2O5/c1-12(21)19-13-4-6-14(7-5-13)25-11-18(22)20-16-9-8-15(23-2)10-17(16)24-3/h4-10H,11H2,1-3H3,(H,19,21)(H,20,22). The molecule has 0 unspecified atom stereocenters. The van der Waals surface area contributed by atoms with E-state index in [1.165, 1.54) is 14.0 Å². The number of ether oxygens (including phenoxy) is 3. The number of hydrogen-bond donors (Lipinski definition) is 2. The van der Waals surface area contributed by atoms with E-state index in [1.807, 2.05) is 0 Å². The minimum absolute atomic E-state index is 0.151. The molecule has 7 nitrogen and oxygen atoms in total. The minimum Gasteiger partial charge on any atom is -0.497 e. The lowest BCUT2D eigenvalue weighted by molar-refractivity contribution is -0.118. The van der Waals surface area contributed by atoms with Crippen LogP contribution in [0.3, 0.4) is 0 Å². The quantitative estimate of drug-likeness (QED) is 0.806. The van der Waals surface area contributed by atoms with Gasteiger partial charge < -0.3 is 24.8 Å². The highest BCUT2D eigenvalue weighted by atomic mass is 16.5. The monoisotopic (exact) mass is 344 g/mol. The van der Waals surface area contributed by atoms with Gasteiger partial charge in [0.2, 0.25) is 5.91 Å². The van der Waals surface area contributed by atoms with Gasteiger partial charge in [-0.3, -0.25) is 9.59 Å². The molecule has 0 aliphatic rings. The van der Waals surface area contributed by atoms with E-state index in [9.17, 15) is 9.59 Å². The molecule has 132 valence electrons. The molecule has 2 N–H and O–H groups in total. The molecule has 0 aliphatic carbocycles. The highest BCUT2D eigenvalue weighted by molar-refractivity contribution is 5.93. The number of benzene rings is 2. The number of hydrogen-bond acceptors (Lipinski definition) is 5. The van der Waals surface area contributed by atoms with Crippen molar-refractivity contribution < 1.29 is 23.8 Å². The van der Waals surface area contributed by atoms with Gasteiger partial charge in [-0.15, -0.1) is 0 Å². The first-order chi connectivity index (χ1) is 12.0. The first-order valence-corrected chi connectivity index (χ1v) is 7.54. The third-order valence-electron chi connectivity index (χ3n) is 3.23. The second-order valence-corrected chi connectivity index (χ2v) is 5.11. The molecule has 0 heterocycles. The Labute approximate surface area is 145 Å². The Balaban J connectivity index is 1.91. The second kappa shape index (κ2) is 8.58. The van der Waals surface area contributed by atoms with Crippen molar-refractivity contribution >= 4 is 23.2 Å². The topological polar surface area (TPSA) is 85.9 Å². The maximum Gasteiger partial charge on any atom is 0.262 e. The van der Waals surface area contributed by atoms with Crippen molar-refractivity contribution in [2.75, 3.05) is 31.5 Å². The molecule has 2 aromatic rings. The van der Waals surface area contributed by atoms with Crippen molar-refractivity contribution in [3.05, 3.63) is 42.5 Å². The van der Waals surface area contributed by atoms with Gasteiger partial charge in [-0.25, -0.2) is 0 Å².